The minimum atomic E-state index is -0.192. The summed E-state index contributed by atoms with van der Waals surface area (Å²) in [6, 6.07) is 14.7. The number of nitrogens with zero attached hydrogens (tertiary/aromatic N) is 1. The van der Waals surface area contributed by atoms with Crippen LogP contribution in [0.1, 0.15) is 35.1 Å². The smallest absolute Gasteiger partial charge is 0.257 e. The van der Waals surface area contributed by atoms with Crippen LogP contribution in [0.25, 0.3) is 5.69 Å². The van der Waals surface area contributed by atoms with Crippen LogP contribution in [0.2, 0.25) is 0 Å². The highest BCUT2D eigenvalue weighted by molar-refractivity contribution is 6.05. The summed E-state index contributed by atoms with van der Waals surface area (Å²) < 4.78 is 13.3. The molecule has 0 unspecified atom stereocenters. The van der Waals surface area contributed by atoms with E-state index in [1.54, 1.807) is 31.2 Å². The molecule has 0 spiro atoms. The summed E-state index contributed by atoms with van der Waals surface area (Å²) >= 11 is 0. The molecule has 2 heterocycles. The number of aryl methyl sites for hydroxylation is 1. The molecule has 2 N–H and O–H groups in total. The van der Waals surface area contributed by atoms with Crippen molar-refractivity contribution in [2.24, 2.45) is 0 Å². The zero-order valence-electron chi connectivity index (χ0n) is 17.8. The van der Waals surface area contributed by atoms with Gasteiger partial charge in [0.05, 0.1) is 5.56 Å². The predicted molar refractivity (Wildman–Crippen MR) is 120 cm³/mol. The number of rotatable bonds is 5. The molecule has 0 fully saturated rings. The molecule has 31 heavy (non-hydrogen) atoms. The van der Waals surface area contributed by atoms with Crippen LogP contribution in [0.3, 0.4) is 0 Å². The monoisotopic (exact) mass is 419 g/mol. The molecule has 3 aromatic rings. The van der Waals surface area contributed by atoms with Gasteiger partial charge in [-0.1, -0.05) is 6.92 Å². The Kier molecular flexibility index (Phi) is 5.66. The van der Waals surface area contributed by atoms with Crippen molar-refractivity contribution in [2.75, 3.05) is 23.8 Å². The summed E-state index contributed by atoms with van der Waals surface area (Å²) in [5.74, 6) is 1.19. The third kappa shape index (κ3) is 4.26. The van der Waals surface area contributed by atoms with Crippen LogP contribution in [0, 0.1) is 13.8 Å². The highest BCUT2D eigenvalue weighted by Gasteiger charge is 2.19. The third-order valence-electron chi connectivity index (χ3n) is 5.21. The van der Waals surface area contributed by atoms with Crippen LogP contribution in [0.15, 0.2) is 48.5 Å². The van der Waals surface area contributed by atoms with Crippen molar-refractivity contribution in [3.8, 4) is 17.2 Å². The van der Waals surface area contributed by atoms with Gasteiger partial charge >= 0.3 is 0 Å². The third-order valence-corrected chi connectivity index (χ3v) is 5.21. The molecule has 7 nitrogen and oxygen atoms in total. The van der Waals surface area contributed by atoms with Crippen LogP contribution in [-0.2, 0) is 4.79 Å². The van der Waals surface area contributed by atoms with Gasteiger partial charge in [0.1, 0.15) is 13.2 Å². The Morgan fingerprint density at radius 3 is 2.23 bits per heavy atom. The highest BCUT2D eigenvalue weighted by atomic mass is 16.6. The zero-order valence-corrected chi connectivity index (χ0v) is 17.8. The number of amides is 2. The lowest BCUT2D eigenvalue weighted by Crippen LogP contribution is -2.16. The maximum absolute atomic E-state index is 12.9. The Labute approximate surface area is 181 Å². The Hall–Kier alpha value is -3.74. The van der Waals surface area contributed by atoms with E-state index in [-0.39, 0.29) is 11.8 Å². The van der Waals surface area contributed by atoms with E-state index >= 15 is 0 Å². The van der Waals surface area contributed by atoms with Gasteiger partial charge in [-0.2, -0.15) is 0 Å². The number of carbonyl (C=O) groups excluding carboxylic acids is 2. The number of ether oxygens (including phenoxy) is 2. The topological polar surface area (TPSA) is 81.6 Å². The van der Waals surface area contributed by atoms with Gasteiger partial charge in [-0.25, -0.2) is 0 Å². The van der Waals surface area contributed by atoms with Crippen LogP contribution in [-0.4, -0.2) is 29.6 Å². The maximum atomic E-state index is 12.9. The molecule has 0 bridgehead atoms. The first-order valence-electron chi connectivity index (χ1n) is 10.3. The van der Waals surface area contributed by atoms with E-state index in [2.05, 4.69) is 10.6 Å². The number of anilines is 2. The first-order chi connectivity index (χ1) is 15.0. The van der Waals surface area contributed by atoms with Crippen molar-refractivity contribution in [3.63, 3.8) is 0 Å². The lowest BCUT2D eigenvalue weighted by atomic mass is 10.2. The van der Waals surface area contributed by atoms with Crippen LogP contribution >= 0.6 is 0 Å². The van der Waals surface area contributed by atoms with Crippen molar-refractivity contribution in [1.29, 1.82) is 0 Å². The number of fused-ring (bicyclic) bond motifs is 1. The molecule has 1 aromatic heterocycles. The van der Waals surface area contributed by atoms with Gasteiger partial charge < -0.3 is 24.7 Å². The number of benzene rings is 2. The number of aromatic nitrogens is 1. The lowest BCUT2D eigenvalue weighted by Gasteiger charge is -2.20. The first kappa shape index (κ1) is 20.5. The Balaban J connectivity index is 1.54. The summed E-state index contributed by atoms with van der Waals surface area (Å²) in [4.78, 5) is 24.4. The van der Waals surface area contributed by atoms with Crippen molar-refractivity contribution in [3.05, 3.63) is 65.5 Å². The average molecular weight is 419 g/mol. The molecule has 1 aliphatic heterocycles. The second-order valence-corrected chi connectivity index (χ2v) is 7.38. The Bertz CT molecular complexity index is 1130. The van der Waals surface area contributed by atoms with Gasteiger partial charge in [0.2, 0.25) is 5.91 Å². The predicted octanol–water partition coefficient (Wildman–Crippen LogP) is 4.47. The van der Waals surface area contributed by atoms with Crippen molar-refractivity contribution < 1.29 is 19.1 Å². The van der Waals surface area contributed by atoms with Crippen molar-refractivity contribution in [1.82, 2.24) is 4.57 Å². The second-order valence-electron chi connectivity index (χ2n) is 7.38. The molecule has 160 valence electrons. The Morgan fingerprint density at radius 2 is 1.55 bits per heavy atom. The molecule has 4 rings (SSSR count). The lowest BCUT2D eigenvalue weighted by molar-refractivity contribution is -0.115. The molecule has 1 aliphatic rings. The number of hydrogen-bond donors (Lipinski definition) is 2. The van der Waals surface area contributed by atoms with Gasteiger partial charge in [0.25, 0.3) is 5.91 Å². The van der Waals surface area contributed by atoms with E-state index < -0.39 is 0 Å². The molecule has 0 saturated carbocycles. The van der Waals surface area contributed by atoms with Crippen molar-refractivity contribution in [2.45, 2.75) is 27.2 Å². The van der Waals surface area contributed by atoms with Gasteiger partial charge in [-0.15, -0.1) is 0 Å². The quantitative estimate of drug-likeness (QED) is 0.640. The summed E-state index contributed by atoms with van der Waals surface area (Å²) in [7, 11) is 0. The first-order valence-corrected chi connectivity index (χ1v) is 10.3. The fourth-order valence-corrected chi connectivity index (χ4v) is 3.65. The highest BCUT2D eigenvalue weighted by Crippen LogP contribution is 2.33. The summed E-state index contributed by atoms with van der Waals surface area (Å²) in [6.45, 7) is 6.75. The van der Waals surface area contributed by atoms with E-state index in [1.165, 1.54) is 0 Å². The SMILES string of the molecule is CCC(=O)Nc1ccc(NC(=O)c2cc(C)n(-c3ccc4c(c3)OCCO4)c2C)cc1. The maximum Gasteiger partial charge on any atom is 0.257 e. The second kappa shape index (κ2) is 8.55. The number of hydrogen-bond acceptors (Lipinski definition) is 4. The van der Waals surface area contributed by atoms with E-state index in [4.69, 9.17) is 9.47 Å². The van der Waals surface area contributed by atoms with E-state index in [9.17, 15) is 9.59 Å². The molecular formula is C24H25N3O4. The number of nitrogens with one attached hydrogen (secondary N) is 2. The normalized spacial score (nSPS) is 12.4. The summed E-state index contributed by atoms with van der Waals surface area (Å²) in [6.07, 6.45) is 0.414. The number of carbonyl (C=O) groups is 2. The average Bonchev–Trinajstić information content (AvgIpc) is 3.08. The molecular weight excluding hydrogens is 394 g/mol. The summed E-state index contributed by atoms with van der Waals surface area (Å²) in [5, 5.41) is 5.72. The molecule has 0 atom stereocenters. The van der Waals surface area contributed by atoms with Gasteiger partial charge in [0.15, 0.2) is 11.5 Å². The van der Waals surface area contributed by atoms with Gasteiger partial charge in [-0.3, -0.25) is 9.59 Å². The van der Waals surface area contributed by atoms with Crippen LogP contribution < -0.4 is 20.1 Å². The van der Waals surface area contributed by atoms with Crippen molar-refractivity contribution >= 4 is 23.2 Å². The van der Waals surface area contributed by atoms with Crippen LogP contribution in [0.4, 0.5) is 11.4 Å². The van der Waals surface area contributed by atoms with E-state index in [1.807, 2.05) is 42.7 Å². The standard InChI is InChI=1S/C24H25N3O4/c1-4-23(28)25-17-5-7-18(8-6-17)26-24(29)20-13-15(2)27(16(20)3)19-9-10-21-22(14-19)31-12-11-30-21/h5-10,13-14H,4,11-12H2,1-3H3,(H,25,28)(H,26,29). The summed E-state index contributed by atoms with van der Waals surface area (Å²) in [5.41, 5.74) is 4.63. The van der Waals surface area contributed by atoms with E-state index in [0.29, 0.717) is 42.3 Å². The molecule has 7 heteroatoms. The van der Waals surface area contributed by atoms with Crippen LogP contribution in [0.5, 0.6) is 11.5 Å². The fraction of sp³-hybridized carbons (Fsp3) is 0.250. The zero-order chi connectivity index (χ0) is 22.0. The molecule has 0 radical (unpaired) electrons. The van der Waals surface area contributed by atoms with Gasteiger partial charge in [-0.05, 0) is 56.3 Å². The van der Waals surface area contributed by atoms with Gasteiger partial charge in [0, 0.05) is 40.9 Å². The minimum absolute atomic E-state index is 0.0524. The molecule has 2 aromatic carbocycles. The minimum Gasteiger partial charge on any atom is -0.486 e. The molecule has 0 saturated heterocycles. The van der Waals surface area contributed by atoms with E-state index in [0.717, 1.165) is 22.8 Å². The Morgan fingerprint density at radius 1 is 0.903 bits per heavy atom. The largest absolute Gasteiger partial charge is 0.486 e. The molecule has 2 amide bonds. The molecule has 0 aliphatic carbocycles. The fourth-order valence-electron chi connectivity index (χ4n) is 3.65.